The average Bonchev–Trinajstić information content (AvgIpc) is 2.70. The molecule has 0 amide bonds. The van der Waals surface area contributed by atoms with Crippen molar-refractivity contribution in [2.24, 2.45) is 0 Å². The summed E-state index contributed by atoms with van der Waals surface area (Å²) in [5.41, 5.74) is 2.27. The number of hydrogen-bond donors (Lipinski definition) is 1. The van der Waals surface area contributed by atoms with Crippen molar-refractivity contribution in [2.75, 3.05) is 20.3 Å². The van der Waals surface area contributed by atoms with Crippen molar-refractivity contribution in [2.45, 2.75) is 38.3 Å². The van der Waals surface area contributed by atoms with E-state index in [1.807, 2.05) is 41.3 Å². The van der Waals surface area contributed by atoms with Crippen LogP contribution in [-0.4, -0.2) is 42.3 Å². The van der Waals surface area contributed by atoms with Gasteiger partial charge in [0.1, 0.15) is 6.04 Å². The molecule has 0 spiro atoms. The van der Waals surface area contributed by atoms with E-state index in [-0.39, 0.29) is 0 Å². The fourth-order valence-electron chi connectivity index (χ4n) is 3.55. The summed E-state index contributed by atoms with van der Waals surface area (Å²) in [4.78, 5) is 13.5. The van der Waals surface area contributed by atoms with Crippen molar-refractivity contribution in [1.29, 1.82) is 0 Å². The van der Waals surface area contributed by atoms with Crippen LogP contribution in [0.25, 0.3) is 0 Å². The molecule has 1 N–H and O–H groups in total. The Morgan fingerprint density at radius 3 is 2.67 bits per heavy atom. The van der Waals surface area contributed by atoms with E-state index in [1.54, 1.807) is 7.11 Å². The molecule has 1 atom stereocenters. The zero-order valence-electron chi connectivity index (χ0n) is 15.8. The first kappa shape index (κ1) is 19.2. The van der Waals surface area contributed by atoms with Gasteiger partial charge in [-0.3, -0.25) is 9.69 Å². The molecule has 144 valence electrons. The van der Waals surface area contributed by atoms with E-state index in [0.717, 1.165) is 31.4 Å². The number of methoxy groups -OCH3 is 1. The topological polar surface area (TPSA) is 59.0 Å². The molecule has 1 heterocycles. The standard InChI is InChI=1S/C22H27NO4/c1-26-21-15-18(16-23-13-6-5-9-19(23)22(24)25)10-11-20(21)27-14-12-17-7-3-2-4-8-17/h2-4,7-8,10-11,15,19H,5-6,9,12-14,16H2,1H3,(H,24,25). The van der Waals surface area contributed by atoms with Crippen molar-refractivity contribution < 1.29 is 19.4 Å². The molecular formula is C22H27NO4. The summed E-state index contributed by atoms with van der Waals surface area (Å²) in [6, 6.07) is 15.7. The van der Waals surface area contributed by atoms with Gasteiger partial charge in [0.05, 0.1) is 13.7 Å². The van der Waals surface area contributed by atoms with E-state index < -0.39 is 12.0 Å². The molecule has 0 bridgehead atoms. The molecule has 1 aliphatic heterocycles. The third-order valence-electron chi connectivity index (χ3n) is 5.00. The van der Waals surface area contributed by atoms with Crippen molar-refractivity contribution in [3.8, 4) is 11.5 Å². The van der Waals surface area contributed by atoms with E-state index in [9.17, 15) is 9.90 Å². The van der Waals surface area contributed by atoms with Gasteiger partial charge in [0.15, 0.2) is 11.5 Å². The van der Waals surface area contributed by atoms with Crippen molar-refractivity contribution >= 4 is 5.97 Å². The number of ether oxygens (including phenoxy) is 2. The minimum atomic E-state index is -0.734. The Bertz CT molecular complexity index is 747. The lowest BCUT2D eigenvalue weighted by atomic mass is 10.0. The fraction of sp³-hybridized carbons (Fsp3) is 0.409. The predicted octanol–water partition coefficient (Wildman–Crippen LogP) is 3.76. The lowest BCUT2D eigenvalue weighted by Gasteiger charge is -2.32. The molecule has 1 fully saturated rings. The summed E-state index contributed by atoms with van der Waals surface area (Å²) in [6.07, 6.45) is 3.57. The number of carbonyl (C=O) groups is 1. The van der Waals surface area contributed by atoms with Gasteiger partial charge in [0, 0.05) is 13.0 Å². The number of carboxylic acid groups (broad SMARTS) is 1. The molecule has 1 unspecified atom stereocenters. The number of benzene rings is 2. The molecule has 0 radical (unpaired) electrons. The molecule has 5 heteroatoms. The van der Waals surface area contributed by atoms with Crippen LogP contribution in [0.4, 0.5) is 0 Å². The number of nitrogens with zero attached hydrogens (tertiary/aromatic N) is 1. The molecule has 0 aromatic heterocycles. The summed E-state index contributed by atoms with van der Waals surface area (Å²) in [6.45, 7) is 2.00. The maximum atomic E-state index is 11.5. The van der Waals surface area contributed by atoms with Gasteiger partial charge in [-0.1, -0.05) is 42.8 Å². The smallest absolute Gasteiger partial charge is 0.320 e. The van der Waals surface area contributed by atoms with E-state index in [0.29, 0.717) is 31.1 Å². The Hall–Kier alpha value is -2.53. The van der Waals surface area contributed by atoms with Gasteiger partial charge in [-0.05, 0) is 42.6 Å². The highest BCUT2D eigenvalue weighted by molar-refractivity contribution is 5.73. The molecular weight excluding hydrogens is 342 g/mol. The Labute approximate surface area is 160 Å². The summed E-state index contributed by atoms with van der Waals surface area (Å²) >= 11 is 0. The average molecular weight is 369 g/mol. The zero-order valence-corrected chi connectivity index (χ0v) is 15.8. The predicted molar refractivity (Wildman–Crippen MR) is 104 cm³/mol. The lowest BCUT2D eigenvalue weighted by molar-refractivity contribution is -0.144. The number of carboxylic acids is 1. The minimum Gasteiger partial charge on any atom is -0.493 e. The first-order valence-electron chi connectivity index (χ1n) is 9.48. The monoisotopic (exact) mass is 369 g/mol. The number of aliphatic carboxylic acids is 1. The third kappa shape index (κ3) is 5.23. The normalized spacial score (nSPS) is 17.4. The largest absolute Gasteiger partial charge is 0.493 e. The maximum absolute atomic E-state index is 11.5. The molecule has 3 rings (SSSR count). The van der Waals surface area contributed by atoms with Gasteiger partial charge >= 0.3 is 5.97 Å². The molecule has 27 heavy (non-hydrogen) atoms. The van der Waals surface area contributed by atoms with Gasteiger partial charge in [0.25, 0.3) is 0 Å². The fourth-order valence-corrected chi connectivity index (χ4v) is 3.55. The number of hydrogen-bond acceptors (Lipinski definition) is 4. The maximum Gasteiger partial charge on any atom is 0.320 e. The molecule has 2 aromatic carbocycles. The SMILES string of the molecule is COc1cc(CN2CCCCC2C(=O)O)ccc1OCCc1ccccc1. The van der Waals surface area contributed by atoms with Crippen molar-refractivity contribution in [1.82, 2.24) is 4.90 Å². The lowest BCUT2D eigenvalue weighted by Crippen LogP contribution is -2.43. The summed E-state index contributed by atoms with van der Waals surface area (Å²) in [5, 5.41) is 9.44. The second-order valence-corrected chi connectivity index (χ2v) is 6.89. The third-order valence-corrected chi connectivity index (χ3v) is 5.00. The number of rotatable bonds is 8. The van der Waals surface area contributed by atoms with Crippen LogP contribution in [0.15, 0.2) is 48.5 Å². The first-order chi connectivity index (χ1) is 13.2. The molecule has 1 saturated heterocycles. The number of piperidine rings is 1. The second-order valence-electron chi connectivity index (χ2n) is 6.89. The van der Waals surface area contributed by atoms with E-state index in [4.69, 9.17) is 9.47 Å². The van der Waals surface area contributed by atoms with Crippen LogP contribution >= 0.6 is 0 Å². The van der Waals surface area contributed by atoms with Gasteiger partial charge in [0.2, 0.25) is 0 Å². The summed E-state index contributed by atoms with van der Waals surface area (Å²) in [5.74, 6) is 0.664. The Kier molecular flexibility index (Phi) is 6.71. The van der Waals surface area contributed by atoms with Crippen LogP contribution in [0.1, 0.15) is 30.4 Å². The Morgan fingerprint density at radius 2 is 1.93 bits per heavy atom. The van der Waals surface area contributed by atoms with Gasteiger partial charge in [-0.15, -0.1) is 0 Å². The summed E-state index contributed by atoms with van der Waals surface area (Å²) in [7, 11) is 1.63. The Balaban J connectivity index is 1.62. The highest BCUT2D eigenvalue weighted by atomic mass is 16.5. The first-order valence-corrected chi connectivity index (χ1v) is 9.48. The van der Waals surface area contributed by atoms with E-state index in [1.165, 1.54) is 5.56 Å². The van der Waals surface area contributed by atoms with Crippen LogP contribution in [0.5, 0.6) is 11.5 Å². The number of likely N-dealkylation sites (tertiary alicyclic amines) is 1. The quantitative estimate of drug-likeness (QED) is 0.768. The van der Waals surface area contributed by atoms with Crippen LogP contribution in [0.3, 0.4) is 0 Å². The van der Waals surface area contributed by atoms with E-state index >= 15 is 0 Å². The Morgan fingerprint density at radius 1 is 1.11 bits per heavy atom. The second kappa shape index (κ2) is 9.42. The van der Waals surface area contributed by atoms with Crippen molar-refractivity contribution in [3.63, 3.8) is 0 Å². The van der Waals surface area contributed by atoms with Gasteiger partial charge in [-0.2, -0.15) is 0 Å². The molecule has 0 aliphatic carbocycles. The molecule has 1 aliphatic rings. The molecule has 2 aromatic rings. The van der Waals surface area contributed by atoms with Crippen LogP contribution in [-0.2, 0) is 17.8 Å². The molecule has 0 saturated carbocycles. The van der Waals surface area contributed by atoms with Crippen LogP contribution in [0.2, 0.25) is 0 Å². The van der Waals surface area contributed by atoms with Crippen molar-refractivity contribution in [3.05, 3.63) is 59.7 Å². The molecule has 5 nitrogen and oxygen atoms in total. The summed E-state index contributed by atoms with van der Waals surface area (Å²) < 4.78 is 11.4. The van der Waals surface area contributed by atoms with Crippen LogP contribution < -0.4 is 9.47 Å². The van der Waals surface area contributed by atoms with Crippen LogP contribution in [0, 0.1) is 0 Å². The highest BCUT2D eigenvalue weighted by Crippen LogP contribution is 2.30. The highest BCUT2D eigenvalue weighted by Gasteiger charge is 2.28. The van der Waals surface area contributed by atoms with E-state index in [2.05, 4.69) is 12.1 Å². The minimum absolute atomic E-state index is 0.397. The zero-order chi connectivity index (χ0) is 19.1. The van der Waals surface area contributed by atoms with Gasteiger partial charge in [-0.25, -0.2) is 0 Å². The van der Waals surface area contributed by atoms with Gasteiger partial charge < -0.3 is 14.6 Å².